The maximum Gasteiger partial charge on any atom is 0.126 e. The van der Waals surface area contributed by atoms with Crippen molar-refractivity contribution in [2.75, 3.05) is 0 Å². The van der Waals surface area contributed by atoms with Gasteiger partial charge in [-0.15, -0.1) is 0 Å². The van der Waals surface area contributed by atoms with Crippen molar-refractivity contribution in [2.45, 2.75) is 25.8 Å². The third-order valence-corrected chi connectivity index (χ3v) is 3.30. The molecule has 3 atom stereocenters. The van der Waals surface area contributed by atoms with Crippen LogP contribution in [0, 0.1) is 17.7 Å². The van der Waals surface area contributed by atoms with Gasteiger partial charge in [-0.3, -0.25) is 11.3 Å². The Kier molecular flexibility index (Phi) is 3.03. The summed E-state index contributed by atoms with van der Waals surface area (Å²) in [6.07, 6.45) is 1.88. The van der Waals surface area contributed by atoms with Gasteiger partial charge in [0.2, 0.25) is 0 Å². The molecule has 0 spiro atoms. The molecule has 3 N–H and O–H groups in total. The quantitative estimate of drug-likeness (QED) is 0.585. The molecule has 1 aliphatic carbocycles. The zero-order valence-corrected chi connectivity index (χ0v) is 8.91. The van der Waals surface area contributed by atoms with Crippen LogP contribution in [0.2, 0.25) is 0 Å². The van der Waals surface area contributed by atoms with Crippen molar-refractivity contribution in [3.63, 3.8) is 0 Å². The Hall–Kier alpha value is -0.930. The highest BCUT2D eigenvalue weighted by Crippen LogP contribution is 2.41. The maximum absolute atomic E-state index is 13.4. The van der Waals surface area contributed by atoms with Crippen molar-refractivity contribution in [1.82, 2.24) is 5.43 Å². The molecule has 3 unspecified atom stereocenters. The molecule has 0 amide bonds. The molecule has 0 bridgehead atoms. The Labute approximate surface area is 89.6 Å². The number of benzene rings is 1. The van der Waals surface area contributed by atoms with Crippen LogP contribution in [0.5, 0.6) is 0 Å². The Bertz CT molecular complexity index is 340. The van der Waals surface area contributed by atoms with Crippen molar-refractivity contribution in [3.05, 3.63) is 35.6 Å². The third kappa shape index (κ3) is 2.36. The van der Waals surface area contributed by atoms with E-state index in [2.05, 4.69) is 12.3 Å². The number of rotatable bonds is 4. The van der Waals surface area contributed by atoms with Gasteiger partial charge < -0.3 is 0 Å². The van der Waals surface area contributed by atoms with E-state index in [1.807, 2.05) is 12.1 Å². The highest BCUT2D eigenvalue weighted by atomic mass is 19.1. The van der Waals surface area contributed by atoms with Gasteiger partial charge in [-0.2, -0.15) is 0 Å². The van der Waals surface area contributed by atoms with Crippen LogP contribution in [0.1, 0.15) is 18.9 Å². The first-order valence-corrected chi connectivity index (χ1v) is 5.42. The SMILES string of the molecule is CC1CC1C(Cc1ccccc1F)NN. The number of nitrogens with two attached hydrogens (primary N) is 1. The highest BCUT2D eigenvalue weighted by molar-refractivity contribution is 5.19. The number of hydrogen-bond acceptors (Lipinski definition) is 2. The first kappa shape index (κ1) is 10.6. The molecule has 3 heteroatoms. The van der Waals surface area contributed by atoms with Gasteiger partial charge in [-0.1, -0.05) is 25.1 Å². The zero-order chi connectivity index (χ0) is 10.8. The van der Waals surface area contributed by atoms with Crippen LogP contribution in [-0.2, 0) is 6.42 Å². The molecule has 0 aromatic heterocycles. The topological polar surface area (TPSA) is 38.0 Å². The minimum absolute atomic E-state index is 0.133. The number of hydrogen-bond donors (Lipinski definition) is 2. The second kappa shape index (κ2) is 4.29. The fourth-order valence-corrected chi connectivity index (χ4v) is 2.15. The molecule has 1 fully saturated rings. The summed E-state index contributed by atoms with van der Waals surface area (Å²) in [7, 11) is 0. The van der Waals surface area contributed by atoms with Crippen molar-refractivity contribution >= 4 is 0 Å². The van der Waals surface area contributed by atoms with Crippen molar-refractivity contribution in [3.8, 4) is 0 Å². The fraction of sp³-hybridized carbons (Fsp3) is 0.500. The Morgan fingerprint density at radius 1 is 1.53 bits per heavy atom. The molecule has 2 nitrogen and oxygen atoms in total. The minimum Gasteiger partial charge on any atom is -0.271 e. The third-order valence-electron chi connectivity index (χ3n) is 3.30. The van der Waals surface area contributed by atoms with Gasteiger partial charge >= 0.3 is 0 Å². The standard InChI is InChI=1S/C12H17FN2/c1-8-6-10(8)12(15-14)7-9-4-2-3-5-11(9)13/h2-5,8,10,12,15H,6-7,14H2,1H3. The molecule has 2 rings (SSSR count). The molecule has 0 radical (unpaired) electrons. The summed E-state index contributed by atoms with van der Waals surface area (Å²) in [5, 5.41) is 0. The fourth-order valence-electron chi connectivity index (χ4n) is 2.15. The van der Waals surface area contributed by atoms with Crippen molar-refractivity contribution < 1.29 is 4.39 Å². The summed E-state index contributed by atoms with van der Waals surface area (Å²) in [5.74, 6) is 6.69. The second-order valence-electron chi connectivity index (χ2n) is 4.45. The zero-order valence-electron chi connectivity index (χ0n) is 8.91. The summed E-state index contributed by atoms with van der Waals surface area (Å²) in [6.45, 7) is 2.20. The molecular weight excluding hydrogens is 191 g/mol. The van der Waals surface area contributed by atoms with Gasteiger partial charge in [0.25, 0.3) is 0 Å². The van der Waals surface area contributed by atoms with E-state index in [1.54, 1.807) is 6.07 Å². The second-order valence-corrected chi connectivity index (χ2v) is 4.45. The molecule has 15 heavy (non-hydrogen) atoms. The average Bonchev–Trinajstić information content (AvgIpc) is 2.94. The van der Waals surface area contributed by atoms with E-state index < -0.39 is 0 Å². The van der Waals surface area contributed by atoms with E-state index in [4.69, 9.17) is 5.84 Å². The highest BCUT2D eigenvalue weighted by Gasteiger charge is 2.39. The van der Waals surface area contributed by atoms with Crippen LogP contribution in [0.15, 0.2) is 24.3 Å². The van der Waals surface area contributed by atoms with Crippen LogP contribution in [0.4, 0.5) is 4.39 Å². The number of hydrazine groups is 1. The van der Waals surface area contributed by atoms with Gasteiger partial charge in [-0.25, -0.2) is 4.39 Å². The van der Waals surface area contributed by atoms with Crippen LogP contribution in [0.3, 0.4) is 0 Å². The summed E-state index contributed by atoms with van der Waals surface area (Å²) in [5.41, 5.74) is 3.55. The summed E-state index contributed by atoms with van der Waals surface area (Å²) in [6, 6.07) is 7.11. The molecule has 0 heterocycles. The lowest BCUT2D eigenvalue weighted by Gasteiger charge is -2.15. The van der Waals surface area contributed by atoms with Gasteiger partial charge in [-0.05, 0) is 36.3 Å². The first-order chi connectivity index (χ1) is 7.22. The van der Waals surface area contributed by atoms with Gasteiger partial charge in [0.15, 0.2) is 0 Å². The first-order valence-electron chi connectivity index (χ1n) is 5.42. The lowest BCUT2D eigenvalue weighted by molar-refractivity contribution is 0.446. The van der Waals surface area contributed by atoms with E-state index in [-0.39, 0.29) is 11.9 Å². The Balaban J connectivity index is 2.03. The maximum atomic E-state index is 13.4. The predicted octanol–water partition coefficient (Wildman–Crippen LogP) is 1.86. The number of halogens is 1. The van der Waals surface area contributed by atoms with E-state index in [1.165, 1.54) is 12.5 Å². The lowest BCUT2D eigenvalue weighted by atomic mass is 10.0. The van der Waals surface area contributed by atoms with E-state index in [0.29, 0.717) is 12.3 Å². The molecule has 1 aromatic carbocycles. The van der Waals surface area contributed by atoms with E-state index >= 15 is 0 Å². The Morgan fingerprint density at radius 3 is 2.73 bits per heavy atom. The summed E-state index contributed by atoms with van der Waals surface area (Å²) < 4.78 is 13.4. The van der Waals surface area contributed by atoms with Crippen LogP contribution in [-0.4, -0.2) is 6.04 Å². The average molecular weight is 208 g/mol. The lowest BCUT2D eigenvalue weighted by Crippen LogP contribution is -2.39. The largest absolute Gasteiger partial charge is 0.271 e. The van der Waals surface area contributed by atoms with Crippen LogP contribution >= 0.6 is 0 Å². The summed E-state index contributed by atoms with van der Waals surface area (Å²) in [4.78, 5) is 0. The van der Waals surface area contributed by atoms with Crippen molar-refractivity contribution in [1.29, 1.82) is 0 Å². The van der Waals surface area contributed by atoms with Gasteiger partial charge in [0.1, 0.15) is 5.82 Å². The van der Waals surface area contributed by atoms with Crippen LogP contribution < -0.4 is 11.3 Å². The number of nitrogens with one attached hydrogen (secondary N) is 1. The molecule has 0 aliphatic heterocycles. The molecule has 82 valence electrons. The van der Waals surface area contributed by atoms with E-state index in [0.717, 1.165) is 11.5 Å². The van der Waals surface area contributed by atoms with Crippen LogP contribution in [0.25, 0.3) is 0 Å². The minimum atomic E-state index is -0.133. The van der Waals surface area contributed by atoms with E-state index in [9.17, 15) is 4.39 Å². The van der Waals surface area contributed by atoms with Crippen molar-refractivity contribution in [2.24, 2.45) is 17.7 Å². The Morgan fingerprint density at radius 2 is 2.20 bits per heavy atom. The smallest absolute Gasteiger partial charge is 0.126 e. The van der Waals surface area contributed by atoms with Gasteiger partial charge in [0.05, 0.1) is 0 Å². The molecule has 0 saturated heterocycles. The molecular formula is C12H17FN2. The summed E-state index contributed by atoms with van der Waals surface area (Å²) >= 11 is 0. The monoisotopic (exact) mass is 208 g/mol. The molecule has 1 saturated carbocycles. The normalized spacial score (nSPS) is 26.3. The van der Waals surface area contributed by atoms with Gasteiger partial charge in [0, 0.05) is 6.04 Å². The molecule has 1 aromatic rings. The predicted molar refractivity (Wildman–Crippen MR) is 58.5 cm³/mol. The molecule has 1 aliphatic rings.